The summed E-state index contributed by atoms with van der Waals surface area (Å²) in [6.45, 7) is 1.67. The number of aromatic nitrogens is 1. The number of aryl methyl sites for hydroxylation is 1. The van der Waals surface area contributed by atoms with E-state index in [9.17, 15) is 4.79 Å². The molecule has 0 saturated heterocycles. The number of hydrogen-bond donors (Lipinski definition) is 1. The monoisotopic (exact) mass is 244 g/mol. The molecule has 2 aromatic rings. The maximum atomic E-state index is 10.9. The number of hydrogen-bond acceptors (Lipinski definition) is 4. The lowest BCUT2D eigenvalue weighted by atomic mass is 10.1. The van der Waals surface area contributed by atoms with Crippen molar-refractivity contribution < 1.29 is 9.90 Å². The maximum Gasteiger partial charge on any atom is 0.347 e. The Kier molecular flexibility index (Phi) is 2.90. The number of nitrogens with zero attached hydrogens (tertiary/aromatic N) is 2. The van der Waals surface area contributed by atoms with Crippen molar-refractivity contribution in [1.29, 1.82) is 5.26 Å². The fraction of sp³-hybridized carbons (Fsp3) is 0.0833. The first kappa shape index (κ1) is 11.3. The van der Waals surface area contributed by atoms with Gasteiger partial charge in [0.1, 0.15) is 9.88 Å². The first-order valence-corrected chi connectivity index (χ1v) is 5.64. The average Bonchev–Trinajstić information content (AvgIpc) is 2.71. The van der Waals surface area contributed by atoms with Gasteiger partial charge in [0.15, 0.2) is 0 Å². The van der Waals surface area contributed by atoms with Crippen molar-refractivity contribution in [3.63, 3.8) is 0 Å². The molecule has 0 unspecified atom stereocenters. The summed E-state index contributed by atoms with van der Waals surface area (Å²) in [6.07, 6.45) is 0. The normalized spacial score (nSPS) is 9.88. The van der Waals surface area contributed by atoms with E-state index in [0.717, 1.165) is 16.9 Å². The Morgan fingerprint density at radius 1 is 1.41 bits per heavy atom. The molecule has 0 saturated carbocycles. The molecule has 5 heteroatoms. The number of nitriles is 1. The third-order valence-electron chi connectivity index (χ3n) is 2.25. The van der Waals surface area contributed by atoms with Crippen molar-refractivity contribution in [2.45, 2.75) is 6.92 Å². The molecular weight excluding hydrogens is 236 g/mol. The fourth-order valence-corrected chi connectivity index (χ4v) is 2.32. The van der Waals surface area contributed by atoms with Gasteiger partial charge < -0.3 is 5.11 Å². The van der Waals surface area contributed by atoms with E-state index < -0.39 is 5.97 Å². The van der Waals surface area contributed by atoms with Crippen LogP contribution in [0.15, 0.2) is 24.3 Å². The van der Waals surface area contributed by atoms with Gasteiger partial charge in [-0.25, -0.2) is 9.78 Å². The number of benzene rings is 1. The van der Waals surface area contributed by atoms with E-state index in [1.165, 1.54) is 0 Å². The minimum atomic E-state index is -0.958. The molecule has 4 nitrogen and oxygen atoms in total. The standard InChI is InChI=1S/C12H8N2O2S/c1-7-10(12(15)16)17-11(14-7)9-4-2-8(6-13)3-5-9/h2-5H,1H3,(H,15,16). The Balaban J connectivity index is 2.43. The zero-order chi connectivity index (χ0) is 12.4. The highest BCUT2D eigenvalue weighted by molar-refractivity contribution is 7.17. The molecule has 0 aliphatic heterocycles. The SMILES string of the molecule is Cc1nc(-c2ccc(C#N)cc2)sc1C(=O)O. The largest absolute Gasteiger partial charge is 0.477 e. The Morgan fingerprint density at radius 2 is 2.06 bits per heavy atom. The molecule has 0 radical (unpaired) electrons. The molecule has 0 aliphatic carbocycles. The molecule has 1 N–H and O–H groups in total. The summed E-state index contributed by atoms with van der Waals surface area (Å²) in [7, 11) is 0. The van der Waals surface area contributed by atoms with Gasteiger partial charge in [-0.2, -0.15) is 5.26 Å². The molecular formula is C12H8N2O2S. The Morgan fingerprint density at radius 3 is 2.53 bits per heavy atom. The highest BCUT2D eigenvalue weighted by Gasteiger charge is 2.14. The van der Waals surface area contributed by atoms with Crippen LogP contribution in [0.5, 0.6) is 0 Å². The van der Waals surface area contributed by atoms with Crippen LogP contribution in [0.25, 0.3) is 10.6 Å². The summed E-state index contributed by atoms with van der Waals surface area (Å²) in [5, 5.41) is 18.3. The van der Waals surface area contributed by atoms with Crippen LogP contribution in [-0.4, -0.2) is 16.1 Å². The lowest BCUT2D eigenvalue weighted by molar-refractivity contribution is 0.0701. The van der Waals surface area contributed by atoms with Crippen molar-refractivity contribution in [3.05, 3.63) is 40.4 Å². The van der Waals surface area contributed by atoms with E-state index in [2.05, 4.69) is 4.98 Å². The third kappa shape index (κ3) is 2.17. The molecule has 84 valence electrons. The second kappa shape index (κ2) is 4.36. The Hall–Kier alpha value is -2.19. The van der Waals surface area contributed by atoms with Crippen molar-refractivity contribution >= 4 is 17.3 Å². The lowest BCUT2D eigenvalue weighted by Crippen LogP contribution is -1.94. The summed E-state index contributed by atoms with van der Waals surface area (Å²) in [5.74, 6) is -0.958. The molecule has 0 fully saturated rings. The molecule has 0 bridgehead atoms. The summed E-state index contributed by atoms with van der Waals surface area (Å²) < 4.78 is 0. The van der Waals surface area contributed by atoms with Gasteiger partial charge in [0.25, 0.3) is 0 Å². The van der Waals surface area contributed by atoms with Gasteiger partial charge in [-0.1, -0.05) is 12.1 Å². The first-order chi connectivity index (χ1) is 8.11. The van der Waals surface area contributed by atoms with E-state index in [1.54, 1.807) is 31.2 Å². The minimum absolute atomic E-state index is 0.254. The maximum absolute atomic E-state index is 10.9. The summed E-state index contributed by atoms with van der Waals surface area (Å²) in [4.78, 5) is 15.4. The van der Waals surface area contributed by atoms with Crippen molar-refractivity contribution in [1.82, 2.24) is 4.98 Å². The molecule has 0 amide bonds. The quantitative estimate of drug-likeness (QED) is 0.881. The van der Waals surface area contributed by atoms with Crippen molar-refractivity contribution in [2.75, 3.05) is 0 Å². The van der Waals surface area contributed by atoms with Gasteiger partial charge >= 0.3 is 5.97 Å². The zero-order valence-electron chi connectivity index (χ0n) is 8.97. The van der Waals surface area contributed by atoms with Crippen LogP contribution < -0.4 is 0 Å². The summed E-state index contributed by atoms with van der Waals surface area (Å²) in [6, 6.07) is 8.94. The molecule has 1 heterocycles. The number of carboxylic acids is 1. The van der Waals surface area contributed by atoms with Gasteiger partial charge in [0, 0.05) is 5.56 Å². The second-order valence-corrected chi connectivity index (χ2v) is 4.43. The lowest BCUT2D eigenvalue weighted by Gasteiger charge is -1.94. The van der Waals surface area contributed by atoms with Crippen LogP contribution in [0.1, 0.15) is 20.9 Å². The van der Waals surface area contributed by atoms with Crippen LogP contribution in [-0.2, 0) is 0 Å². The molecule has 0 aliphatic rings. The smallest absolute Gasteiger partial charge is 0.347 e. The van der Waals surface area contributed by atoms with Gasteiger partial charge in [-0.3, -0.25) is 0 Å². The van der Waals surface area contributed by atoms with Crippen LogP contribution in [0.3, 0.4) is 0 Å². The molecule has 0 atom stereocenters. The van der Waals surface area contributed by atoms with E-state index in [1.807, 2.05) is 6.07 Å². The van der Waals surface area contributed by atoms with E-state index in [-0.39, 0.29) is 4.88 Å². The zero-order valence-corrected chi connectivity index (χ0v) is 9.78. The van der Waals surface area contributed by atoms with Crippen LogP contribution in [0, 0.1) is 18.3 Å². The summed E-state index contributed by atoms with van der Waals surface area (Å²) >= 11 is 1.14. The summed E-state index contributed by atoms with van der Waals surface area (Å²) in [5.41, 5.74) is 1.91. The molecule has 0 spiro atoms. The van der Waals surface area contributed by atoms with Crippen molar-refractivity contribution in [3.8, 4) is 16.6 Å². The van der Waals surface area contributed by atoms with E-state index >= 15 is 0 Å². The molecule has 2 rings (SSSR count). The number of carboxylic acid groups (broad SMARTS) is 1. The highest BCUT2D eigenvalue weighted by atomic mass is 32.1. The van der Waals surface area contributed by atoms with Crippen molar-refractivity contribution in [2.24, 2.45) is 0 Å². The first-order valence-electron chi connectivity index (χ1n) is 4.83. The average molecular weight is 244 g/mol. The number of rotatable bonds is 2. The van der Waals surface area contributed by atoms with Gasteiger partial charge in [-0.15, -0.1) is 11.3 Å². The number of thiazole rings is 1. The van der Waals surface area contributed by atoms with Gasteiger partial charge in [-0.05, 0) is 19.1 Å². The predicted octanol–water partition coefficient (Wildman–Crippen LogP) is 2.69. The van der Waals surface area contributed by atoms with Gasteiger partial charge in [0.2, 0.25) is 0 Å². The Bertz CT molecular complexity index is 608. The van der Waals surface area contributed by atoms with Gasteiger partial charge in [0.05, 0.1) is 17.3 Å². The predicted molar refractivity (Wildman–Crippen MR) is 64.0 cm³/mol. The van der Waals surface area contributed by atoms with Crippen LogP contribution in [0.4, 0.5) is 0 Å². The highest BCUT2D eigenvalue weighted by Crippen LogP contribution is 2.27. The molecule has 1 aromatic heterocycles. The number of aromatic carboxylic acids is 1. The minimum Gasteiger partial charge on any atom is -0.477 e. The topological polar surface area (TPSA) is 74.0 Å². The number of carbonyl (C=O) groups is 1. The molecule has 1 aromatic carbocycles. The van der Waals surface area contributed by atoms with E-state index in [0.29, 0.717) is 16.3 Å². The van der Waals surface area contributed by atoms with Crippen LogP contribution in [0.2, 0.25) is 0 Å². The van der Waals surface area contributed by atoms with E-state index in [4.69, 9.17) is 10.4 Å². The molecule has 17 heavy (non-hydrogen) atoms. The third-order valence-corrected chi connectivity index (χ3v) is 3.45. The Labute approximate surface area is 102 Å². The fourth-order valence-electron chi connectivity index (χ4n) is 1.41. The van der Waals surface area contributed by atoms with Crippen LogP contribution >= 0.6 is 11.3 Å². The second-order valence-electron chi connectivity index (χ2n) is 3.43.